The van der Waals surface area contributed by atoms with E-state index in [1.807, 2.05) is 11.8 Å². The van der Waals surface area contributed by atoms with Crippen LogP contribution in [0.4, 0.5) is 10.1 Å². The number of nitrogens with two attached hydrogens (primary N) is 1. The summed E-state index contributed by atoms with van der Waals surface area (Å²) in [4.78, 5) is 0. The van der Waals surface area contributed by atoms with E-state index in [1.54, 1.807) is 6.07 Å². The molecule has 0 aliphatic carbocycles. The Kier molecular flexibility index (Phi) is 4.07. The van der Waals surface area contributed by atoms with E-state index in [2.05, 4.69) is 0 Å². The lowest BCUT2D eigenvalue weighted by Gasteiger charge is -2.21. The highest BCUT2D eigenvalue weighted by molar-refractivity contribution is 7.99. The molecule has 0 unspecified atom stereocenters. The van der Waals surface area contributed by atoms with E-state index in [0.717, 1.165) is 37.4 Å². The highest BCUT2D eigenvalue weighted by Crippen LogP contribution is 2.27. The maximum absolute atomic E-state index is 12.8. The summed E-state index contributed by atoms with van der Waals surface area (Å²) in [7, 11) is 0. The van der Waals surface area contributed by atoms with Crippen molar-refractivity contribution in [3.05, 3.63) is 29.6 Å². The van der Waals surface area contributed by atoms with Crippen molar-refractivity contribution >= 4 is 17.4 Å². The molecule has 1 aromatic carbocycles. The first-order chi connectivity index (χ1) is 7.75. The number of nitrogen functional groups attached to an aromatic ring is 1. The van der Waals surface area contributed by atoms with E-state index >= 15 is 0 Å². The van der Waals surface area contributed by atoms with Gasteiger partial charge in [0, 0.05) is 29.9 Å². The predicted molar refractivity (Wildman–Crippen MR) is 65.9 cm³/mol. The largest absolute Gasteiger partial charge is 0.398 e. The van der Waals surface area contributed by atoms with Crippen LogP contribution < -0.4 is 5.73 Å². The van der Waals surface area contributed by atoms with Gasteiger partial charge >= 0.3 is 0 Å². The topological polar surface area (TPSA) is 35.2 Å². The van der Waals surface area contributed by atoms with Crippen LogP contribution in [0.15, 0.2) is 18.2 Å². The van der Waals surface area contributed by atoms with Gasteiger partial charge in [-0.1, -0.05) is 6.07 Å². The van der Waals surface area contributed by atoms with Gasteiger partial charge in [-0.05, 0) is 30.5 Å². The van der Waals surface area contributed by atoms with Crippen LogP contribution in [0.25, 0.3) is 0 Å². The summed E-state index contributed by atoms with van der Waals surface area (Å²) in [6, 6.07) is 4.63. The smallest absolute Gasteiger partial charge is 0.125 e. The summed E-state index contributed by atoms with van der Waals surface area (Å²) in [5.74, 6) is 0.592. The Morgan fingerprint density at radius 2 is 2.12 bits per heavy atom. The average molecular weight is 241 g/mol. The zero-order valence-corrected chi connectivity index (χ0v) is 9.93. The van der Waals surface area contributed by atoms with Crippen molar-refractivity contribution in [2.75, 3.05) is 18.9 Å². The lowest BCUT2D eigenvalue weighted by molar-refractivity contribution is 0.1000. The van der Waals surface area contributed by atoms with Crippen molar-refractivity contribution in [1.29, 1.82) is 0 Å². The molecule has 1 aliphatic heterocycles. The second-order valence-electron chi connectivity index (χ2n) is 3.97. The van der Waals surface area contributed by atoms with Gasteiger partial charge in [-0.15, -0.1) is 0 Å². The first kappa shape index (κ1) is 11.7. The van der Waals surface area contributed by atoms with E-state index in [4.69, 9.17) is 10.5 Å². The molecule has 0 spiro atoms. The van der Waals surface area contributed by atoms with Gasteiger partial charge in [0.2, 0.25) is 0 Å². The number of anilines is 1. The number of rotatable bonds is 3. The maximum atomic E-state index is 12.8. The molecule has 1 aliphatic rings. The molecule has 2 nitrogen and oxygen atoms in total. The van der Waals surface area contributed by atoms with Crippen LogP contribution in [-0.4, -0.2) is 18.5 Å². The van der Waals surface area contributed by atoms with Gasteiger partial charge in [0.05, 0.1) is 0 Å². The molecule has 2 rings (SSSR count). The van der Waals surface area contributed by atoms with Crippen LogP contribution >= 0.6 is 11.8 Å². The molecule has 16 heavy (non-hydrogen) atoms. The SMILES string of the molecule is Nc1cc(F)ccc1CSC1CCOCC1. The number of halogens is 1. The Bertz CT molecular complexity index is 353. The molecule has 2 N–H and O–H groups in total. The fraction of sp³-hybridized carbons (Fsp3) is 0.500. The van der Waals surface area contributed by atoms with Crippen LogP contribution in [0.1, 0.15) is 18.4 Å². The lowest BCUT2D eigenvalue weighted by Crippen LogP contribution is -2.17. The summed E-state index contributed by atoms with van der Waals surface area (Å²) < 4.78 is 18.1. The second-order valence-corrected chi connectivity index (χ2v) is 5.25. The molecule has 0 atom stereocenters. The normalized spacial score (nSPS) is 17.6. The Morgan fingerprint density at radius 1 is 1.38 bits per heavy atom. The fourth-order valence-corrected chi connectivity index (χ4v) is 2.95. The van der Waals surface area contributed by atoms with Gasteiger partial charge in [0.1, 0.15) is 5.82 Å². The molecule has 1 saturated heterocycles. The van der Waals surface area contributed by atoms with Gasteiger partial charge in [-0.25, -0.2) is 4.39 Å². The molecule has 0 radical (unpaired) electrons. The third-order valence-corrected chi connectivity index (χ3v) is 4.17. The second kappa shape index (κ2) is 5.55. The number of hydrogen-bond donors (Lipinski definition) is 1. The van der Waals surface area contributed by atoms with E-state index in [-0.39, 0.29) is 5.82 Å². The monoisotopic (exact) mass is 241 g/mol. The van der Waals surface area contributed by atoms with Gasteiger partial charge in [0.15, 0.2) is 0 Å². The summed E-state index contributed by atoms with van der Waals surface area (Å²) >= 11 is 1.89. The molecule has 0 amide bonds. The van der Waals surface area contributed by atoms with Crippen molar-refractivity contribution in [3.8, 4) is 0 Å². The first-order valence-electron chi connectivity index (χ1n) is 5.49. The minimum absolute atomic E-state index is 0.266. The number of ether oxygens (including phenoxy) is 1. The summed E-state index contributed by atoms with van der Waals surface area (Å²) in [5.41, 5.74) is 7.34. The zero-order valence-electron chi connectivity index (χ0n) is 9.12. The first-order valence-corrected chi connectivity index (χ1v) is 6.54. The average Bonchev–Trinajstić information content (AvgIpc) is 2.29. The van der Waals surface area contributed by atoms with Crippen molar-refractivity contribution in [1.82, 2.24) is 0 Å². The highest BCUT2D eigenvalue weighted by atomic mass is 32.2. The van der Waals surface area contributed by atoms with E-state index in [9.17, 15) is 4.39 Å². The molecule has 0 saturated carbocycles. The van der Waals surface area contributed by atoms with Gasteiger partial charge in [-0.3, -0.25) is 0 Å². The highest BCUT2D eigenvalue weighted by Gasteiger charge is 2.14. The Balaban J connectivity index is 1.88. The molecule has 4 heteroatoms. The van der Waals surface area contributed by atoms with Crippen LogP contribution in [-0.2, 0) is 10.5 Å². The fourth-order valence-electron chi connectivity index (χ4n) is 1.75. The Morgan fingerprint density at radius 3 is 2.81 bits per heavy atom. The van der Waals surface area contributed by atoms with Crippen LogP contribution in [0.2, 0.25) is 0 Å². The summed E-state index contributed by atoms with van der Waals surface area (Å²) in [6.07, 6.45) is 2.21. The van der Waals surface area contributed by atoms with Crippen LogP contribution in [0.5, 0.6) is 0 Å². The maximum Gasteiger partial charge on any atom is 0.125 e. The molecule has 0 aromatic heterocycles. The van der Waals surface area contributed by atoms with Crippen LogP contribution in [0.3, 0.4) is 0 Å². The predicted octanol–water partition coefficient (Wildman–Crippen LogP) is 2.82. The van der Waals surface area contributed by atoms with Crippen LogP contribution in [0, 0.1) is 5.82 Å². The van der Waals surface area contributed by atoms with Gasteiger partial charge in [-0.2, -0.15) is 11.8 Å². The third-order valence-electron chi connectivity index (χ3n) is 2.75. The molecule has 88 valence electrons. The van der Waals surface area contributed by atoms with E-state index in [0.29, 0.717) is 10.9 Å². The Hall–Kier alpha value is -0.740. The van der Waals surface area contributed by atoms with E-state index in [1.165, 1.54) is 12.1 Å². The molecule has 1 aromatic rings. The molecular weight excluding hydrogens is 225 g/mol. The van der Waals surface area contributed by atoms with Gasteiger partial charge in [0.25, 0.3) is 0 Å². The lowest BCUT2D eigenvalue weighted by atomic mass is 10.2. The Labute approximate surface area is 99.4 Å². The molecular formula is C12H16FNOS. The third kappa shape index (κ3) is 3.12. The van der Waals surface area contributed by atoms with E-state index < -0.39 is 0 Å². The molecule has 1 heterocycles. The minimum Gasteiger partial charge on any atom is -0.398 e. The minimum atomic E-state index is -0.266. The number of thioether (sulfide) groups is 1. The van der Waals surface area contributed by atoms with Crippen molar-refractivity contribution in [3.63, 3.8) is 0 Å². The number of benzene rings is 1. The number of hydrogen-bond acceptors (Lipinski definition) is 3. The standard InChI is InChI=1S/C12H16FNOS/c13-10-2-1-9(12(14)7-10)8-16-11-3-5-15-6-4-11/h1-2,7,11H,3-6,8,14H2. The summed E-state index contributed by atoms with van der Waals surface area (Å²) in [5, 5.41) is 0.651. The van der Waals surface area contributed by atoms with Crippen molar-refractivity contribution in [2.45, 2.75) is 23.8 Å². The van der Waals surface area contributed by atoms with Crippen molar-refractivity contribution in [2.24, 2.45) is 0 Å². The van der Waals surface area contributed by atoms with Crippen molar-refractivity contribution < 1.29 is 9.13 Å². The molecule has 0 bridgehead atoms. The quantitative estimate of drug-likeness (QED) is 0.826. The molecule has 1 fully saturated rings. The zero-order chi connectivity index (χ0) is 11.4. The van der Waals surface area contributed by atoms with Gasteiger partial charge < -0.3 is 10.5 Å². The summed E-state index contributed by atoms with van der Waals surface area (Å²) in [6.45, 7) is 1.72.